The number of nitrogens with one attached hydrogen (secondary N) is 1. The Morgan fingerprint density at radius 2 is 1.76 bits per heavy atom. The van der Waals surface area contributed by atoms with Crippen LogP contribution in [-0.2, 0) is 30.6 Å². The number of benzene rings is 2. The molecule has 1 aliphatic heterocycles. The van der Waals surface area contributed by atoms with Crippen LogP contribution in [0.2, 0.25) is 0 Å². The molecule has 0 bridgehead atoms. The van der Waals surface area contributed by atoms with Crippen LogP contribution in [0.4, 0.5) is 0 Å². The molecule has 41 heavy (non-hydrogen) atoms. The number of nitrogens with two attached hydrogens (primary N) is 1. The average Bonchev–Trinajstić information content (AvgIpc) is 3.55. The van der Waals surface area contributed by atoms with Crippen molar-refractivity contribution in [2.24, 2.45) is 11.7 Å². The molecule has 14 nitrogen and oxygen atoms in total. The fraction of sp³-hybridized carbons (Fsp3) is 0.462. The Morgan fingerprint density at radius 3 is 2.44 bits per heavy atom. The molecule has 4 rings (SSSR count). The minimum absolute atomic E-state index is 0.196. The monoisotopic (exact) mass is 590 g/mol. The van der Waals surface area contributed by atoms with Gasteiger partial charge in [-0.3, -0.25) is 8.98 Å². The number of nitrogens with zero attached hydrogens (tertiary/aromatic N) is 4. The number of carbonyl (C=O) groups excluding carboxylic acids is 1. The van der Waals surface area contributed by atoms with Crippen LogP contribution >= 0.6 is 0 Å². The molecular weight excluding hydrogens is 556 g/mol. The smallest absolute Gasteiger partial charge is 0.362 e. The standard InChI is InChI=1S/C26H34N6O8S/c1-3-16(2)22(27)26(35)30-41(36,37)38-15-21-24(34)23(33)20(40-21)13-14-32-29-25(28-31-32)17-9-11-19(12-10-17)39-18-7-5-4-6-8-18/h4-12,16,20-24,33-34H,3,13-15,27H2,1-2H3,(H,30,35)/t16?,20-,21+,22?,23-,24+/m0/s1. The molecule has 1 aliphatic rings. The van der Waals surface area contributed by atoms with E-state index in [1.54, 1.807) is 35.9 Å². The maximum atomic E-state index is 12.2. The van der Waals surface area contributed by atoms with Gasteiger partial charge in [-0.15, -0.1) is 10.2 Å². The summed E-state index contributed by atoms with van der Waals surface area (Å²) < 4.78 is 42.3. The van der Waals surface area contributed by atoms with Gasteiger partial charge in [0.15, 0.2) is 0 Å². The summed E-state index contributed by atoms with van der Waals surface area (Å²) >= 11 is 0. The lowest BCUT2D eigenvalue weighted by Gasteiger charge is -2.18. The number of aromatic nitrogens is 4. The fourth-order valence-electron chi connectivity index (χ4n) is 4.08. The van der Waals surface area contributed by atoms with E-state index >= 15 is 0 Å². The number of aliphatic hydroxyl groups excluding tert-OH is 2. The predicted molar refractivity (Wildman–Crippen MR) is 146 cm³/mol. The third-order valence-electron chi connectivity index (χ3n) is 6.79. The van der Waals surface area contributed by atoms with Crippen molar-refractivity contribution >= 4 is 16.2 Å². The molecular formula is C26H34N6O8S. The molecule has 1 saturated heterocycles. The maximum absolute atomic E-state index is 12.2. The molecule has 1 fully saturated rings. The highest BCUT2D eigenvalue weighted by molar-refractivity contribution is 7.85. The van der Waals surface area contributed by atoms with Crippen molar-refractivity contribution in [2.75, 3.05) is 6.61 Å². The first-order valence-corrected chi connectivity index (χ1v) is 14.6. The Kier molecular flexibility index (Phi) is 10.0. The van der Waals surface area contributed by atoms with Crippen molar-refractivity contribution < 1.29 is 37.1 Å². The van der Waals surface area contributed by atoms with Crippen LogP contribution in [0.1, 0.15) is 26.7 Å². The van der Waals surface area contributed by atoms with Crippen LogP contribution in [-0.4, -0.2) is 81.8 Å². The third kappa shape index (κ3) is 8.06. The number of para-hydroxylation sites is 1. The number of aryl methyl sites for hydroxylation is 1. The first-order chi connectivity index (χ1) is 19.6. The summed E-state index contributed by atoms with van der Waals surface area (Å²) in [6.45, 7) is 3.12. The zero-order valence-electron chi connectivity index (χ0n) is 22.6. The van der Waals surface area contributed by atoms with Crippen LogP contribution < -0.4 is 15.2 Å². The number of ether oxygens (including phenoxy) is 2. The van der Waals surface area contributed by atoms with Gasteiger partial charge < -0.3 is 25.4 Å². The van der Waals surface area contributed by atoms with Gasteiger partial charge in [-0.25, -0.2) is 4.72 Å². The number of hydrogen-bond donors (Lipinski definition) is 4. The molecule has 2 heterocycles. The predicted octanol–water partition coefficient (Wildman–Crippen LogP) is 0.763. The topological polar surface area (TPSA) is 201 Å². The van der Waals surface area contributed by atoms with Crippen LogP contribution in [0.25, 0.3) is 11.4 Å². The Bertz CT molecular complexity index is 1390. The molecule has 1 amide bonds. The largest absolute Gasteiger partial charge is 0.457 e. The van der Waals surface area contributed by atoms with E-state index in [9.17, 15) is 23.4 Å². The van der Waals surface area contributed by atoms with E-state index < -0.39 is 53.3 Å². The average molecular weight is 591 g/mol. The lowest BCUT2D eigenvalue weighted by atomic mass is 10.00. The van der Waals surface area contributed by atoms with E-state index in [0.29, 0.717) is 18.0 Å². The van der Waals surface area contributed by atoms with E-state index in [1.807, 2.05) is 37.3 Å². The minimum Gasteiger partial charge on any atom is -0.457 e. The highest BCUT2D eigenvalue weighted by Crippen LogP contribution is 2.26. The van der Waals surface area contributed by atoms with Crippen molar-refractivity contribution in [3.63, 3.8) is 0 Å². The third-order valence-corrected chi connectivity index (χ3v) is 7.69. The lowest BCUT2D eigenvalue weighted by Crippen LogP contribution is -2.47. The second kappa shape index (κ2) is 13.5. The minimum atomic E-state index is -4.50. The second-order valence-corrected chi connectivity index (χ2v) is 11.1. The first kappa shape index (κ1) is 30.5. The summed E-state index contributed by atoms with van der Waals surface area (Å²) in [6.07, 6.45) is -3.94. The molecule has 15 heteroatoms. The summed E-state index contributed by atoms with van der Waals surface area (Å²) in [5.74, 6) is 0.616. The zero-order chi connectivity index (χ0) is 29.6. The maximum Gasteiger partial charge on any atom is 0.362 e. The highest BCUT2D eigenvalue weighted by Gasteiger charge is 2.43. The van der Waals surface area contributed by atoms with E-state index in [1.165, 1.54) is 4.80 Å². The van der Waals surface area contributed by atoms with Crippen LogP contribution in [0.15, 0.2) is 54.6 Å². The van der Waals surface area contributed by atoms with Crippen molar-refractivity contribution in [3.8, 4) is 22.9 Å². The fourth-order valence-corrected chi connectivity index (χ4v) is 4.84. The number of aliphatic hydroxyl groups is 2. The molecule has 3 aromatic rings. The molecule has 0 spiro atoms. The Labute approximate surface area is 237 Å². The SMILES string of the molecule is CCC(C)C(N)C(=O)NS(=O)(=O)OC[C@H]1O[C@@H](CCn2nnc(-c3ccc(Oc4ccccc4)cc3)n2)[C@H](O)[C@@H]1O. The normalized spacial score (nSPS) is 22.3. The van der Waals surface area contributed by atoms with Gasteiger partial charge in [0.2, 0.25) is 5.82 Å². The van der Waals surface area contributed by atoms with Gasteiger partial charge in [0.25, 0.3) is 5.91 Å². The lowest BCUT2D eigenvalue weighted by molar-refractivity contribution is -0.121. The highest BCUT2D eigenvalue weighted by atomic mass is 32.2. The summed E-state index contributed by atoms with van der Waals surface area (Å²) in [5.41, 5.74) is 6.47. The van der Waals surface area contributed by atoms with Gasteiger partial charge >= 0.3 is 10.3 Å². The zero-order valence-corrected chi connectivity index (χ0v) is 23.4. The van der Waals surface area contributed by atoms with Crippen molar-refractivity contribution in [2.45, 2.75) is 63.7 Å². The number of carbonyl (C=O) groups is 1. The molecule has 5 N–H and O–H groups in total. The molecule has 2 aromatic carbocycles. The van der Waals surface area contributed by atoms with Gasteiger partial charge in [0, 0.05) is 5.56 Å². The molecule has 0 aliphatic carbocycles. The summed E-state index contributed by atoms with van der Waals surface area (Å²) in [4.78, 5) is 13.4. The molecule has 2 unspecified atom stereocenters. The van der Waals surface area contributed by atoms with E-state index in [0.717, 1.165) is 11.3 Å². The summed E-state index contributed by atoms with van der Waals surface area (Å²) in [5, 5.41) is 33.2. The molecule has 0 radical (unpaired) electrons. The van der Waals surface area contributed by atoms with Crippen molar-refractivity contribution in [1.82, 2.24) is 24.9 Å². The quantitative estimate of drug-likeness (QED) is 0.218. The molecule has 1 aromatic heterocycles. The van der Waals surface area contributed by atoms with E-state index in [2.05, 4.69) is 15.4 Å². The first-order valence-electron chi connectivity index (χ1n) is 13.2. The van der Waals surface area contributed by atoms with E-state index in [-0.39, 0.29) is 18.9 Å². The number of amides is 1. The number of hydrogen-bond acceptors (Lipinski definition) is 12. The Hall–Kier alpha value is -3.47. The molecule has 0 saturated carbocycles. The van der Waals surface area contributed by atoms with E-state index in [4.69, 9.17) is 19.4 Å². The number of tetrazole rings is 1. The van der Waals surface area contributed by atoms with Gasteiger partial charge in [-0.05, 0) is 54.0 Å². The summed E-state index contributed by atoms with van der Waals surface area (Å²) in [6, 6.07) is 15.5. The van der Waals surface area contributed by atoms with Crippen LogP contribution in [0.5, 0.6) is 11.5 Å². The Morgan fingerprint density at radius 1 is 1.10 bits per heavy atom. The van der Waals surface area contributed by atoms with Crippen molar-refractivity contribution in [3.05, 3.63) is 54.6 Å². The second-order valence-electron chi connectivity index (χ2n) is 9.75. The molecule has 222 valence electrons. The molecule has 6 atom stereocenters. The number of rotatable bonds is 13. The van der Waals surface area contributed by atoms with Crippen LogP contribution in [0, 0.1) is 5.92 Å². The van der Waals surface area contributed by atoms with Gasteiger partial charge in [0.1, 0.15) is 29.8 Å². The van der Waals surface area contributed by atoms with Crippen LogP contribution in [0.3, 0.4) is 0 Å². The summed E-state index contributed by atoms with van der Waals surface area (Å²) in [7, 11) is -4.50. The van der Waals surface area contributed by atoms with Gasteiger partial charge in [-0.2, -0.15) is 13.2 Å². The Balaban J connectivity index is 1.26. The van der Waals surface area contributed by atoms with Gasteiger partial charge in [-0.1, -0.05) is 38.5 Å². The van der Waals surface area contributed by atoms with Crippen molar-refractivity contribution in [1.29, 1.82) is 0 Å². The van der Waals surface area contributed by atoms with Gasteiger partial charge in [0.05, 0.1) is 25.3 Å².